The minimum atomic E-state index is -0.0587. The number of hydrogen-bond acceptors (Lipinski definition) is 5. The molecule has 112 valence electrons. The molecule has 21 heavy (non-hydrogen) atoms. The summed E-state index contributed by atoms with van der Waals surface area (Å²) in [5.74, 6) is 1.28. The molecule has 0 aliphatic heterocycles. The van der Waals surface area contributed by atoms with Crippen molar-refractivity contribution in [1.82, 2.24) is 0 Å². The second kappa shape index (κ2) is 6.97. The highest BCUT2D eigenvalue weighted by Gasteiger charge is 2.07. The highest BCUT2D eigenvalue weighted by atomic mass is 16.5. The molecule has 0 bridgehead atoms. The average molecular weight is 290 g/mol. The van der Waals surface area contributed by atoms with Gasteiger partial charge in [-0.2, -0.15) is 0 Å². The molecule has 0 unspecified atom stereocenters. The van der Waals surface area contributed by atoms with Gasteiger partial charge in [-0.15, -0.1) is 0 Å². The Bertz CT molecular complexity index is 556. The quantitative estimate of drug-likeness (QED) is 0.653. The van der Waals surface area contributed by atoms with E-state index in [1.165, 1.54) is 12.1 Å². The molecule has 2 aromatic rings. The molecule has 0 amide bonds. The number of benzene rings is 2. The van der Waals surface area contributed by atoms with Crippen molar-refractivity contribution in [1.29, 1.82) is 0 Å². The minimum absolute atomic E-state index is 0.0587. The van der Waals surface area contributed by atoms with Gasteiger partial charge in [0.15, 0.2) is 0 Å². The smallest absolute Gasteiger partial charge is 0.127 e. The van der Waals surface area contributed by atoms with Gasteiger partial charge >= 0.3 is 0 Å². The third-order valence-corrected chi connectivity index (χ3v) is 3.10. The maximum absolute atomic E-state index is 9.66. The third-order valence-electron chi connectivity index (χ3n) is 3.10. The molecule has 0 saturated carbocycles. The van der Waals surface area contributed by atoms with E-state index in [2.05, 4.69) is 0 Å². The second-order valence-corrected chi connectivity index (χ2v) is 4.63. The topological polar surface area (TPSA) is 90.2 Å². The molecule has 0 saturated heterocycles. The number of aromatic hydroxyl groups is 2. The zero-order valence-electron chi connectivity index (χ0n) is 11.5. The maximum atomic E-state index is 9.66. The van der Waals surface area contributed by atoms with Gasteiger partial charge in [-0.1, -0.05) is 0 Å². The summed E-state index contributed by atoms with van der Waals surface area (Å²) in [7, 11) is 0. The summed E-state index contributed by atoms with van der Waals surface area (Å²) in [6.45, 7) is -0.117. The van der Waals surface area contributed by atoms with Gasteiger partial charge in [0.1, 0.15) is 23.0 Å². The normalized spacial score (nSPS) is 10.6. The molecular formula is C16H18O5. The molecule has 4 N–H and O–H groups in total. The van der Waals surface area contributed by atoms with Crippen molar-refractivity contribution in [2.45, 2.75) is 12.8 Å². The number of phenols is 2. The van der Waals surface area contributed by atoms with E-state index in [-0.39, 0.29) is 24.7 Å². The molecule has 0 aliphatic rings. The van der Waals surface area contributed by atoms with E-state index >= 15 is 0 Å². The molecule has 0 heterocycles. The van der Waals surface area contributed by atoms with Gasteiger partial charge in [-0.05, 0) is 60.4 Å². The Morgan fingerprint density at radius 3 is 1.52 bits per heavy atom. The number of aliphatic hydroxyl groups is 2. The lowest BCUT2D eigenvalue weighted by atomic mass is 10.1. The summed E-state index contributed by atoms with van der Waals surface area (Å²) in [5.41, 5.74) is 1.20. The Labute approximate surface area is 122 Å². The van der Waals surface area contributed by atoms with E-state index in [9.17, 15) is 10.2 Å². The lowest BCUT2D eigenvalue weighted by Crippen LogP contribution is -1.94. The van der Waals surface area contributed by atoms with E-state index in [1.54, 1.807) is 24.3 Å². The van der Waals surface area contributed by atoms with Crippen LogP contribution in [0.4, 0.5) is 0 Å². The van der Waals surface area contributed by atoms with Crippen LogP contribution >= 0.6 is 0 Å². The van der Waals surface area contributed by atoms with Crippen molar-refractivity contribution < 1.29 is 25.2 Å². The zero-order valence-corrected chi connectivity index (χ0v) is 11.5. The zero-order chi connectivity index (χ0) is 15.2. The first-order valence-electron chi connectivity index (χ1n) is 6.67. The van der Waals surface area contributed by atoms with Crippen LogP contribution in [0.2, 0.25) is 0 Å². The highest BCUT2D eigenvalue weighted by Crippen LogP contribution is 2.30. The van der Waals surface area contributed by atoms with Crippen molar-refractivity contribution in [3.05, 3.63) is 47.5 Å². The second-order valence-electron chi connectivity index (χ2n) is 4.63. The summed E-state index contributed by atoms with van der Waals surface area (Å²) < 4.78 is 5.68. The van der Waals surface area contributed by atoms with Crippen molar-refractivity contribution in [3.63, 3.8) is 0 Å². The maximum Gasteiger partial charge on any atom is 0.127 e. The van der Waals surface area contributed by atoms with Crippen molar-refractivity contribution in [2.24, 2.45) is 0 Å². The van der Waals surface area contributed by atoms with Crippen LogP contribution in [0.15, 0.2) is 36.4 Å². The van der Waals surface area contributed by atoms with Crippen molar-refractivity contribution in [3.8, 4) is 23.0 Å². The van der Waals surface area contributed by atoms with Gasteiger partial charge in [0.05, 0.1) is 0 Å². The molecular weight excluding hydrogens is 272 g/mol. The van der Waals surface area contributed by atoms with E-state index in [1.807, 2.05) is 0 Å². The van der Waals surface area contributed by atoms with Gasteiger partial charge in [-0.3, -0.25) is 0 Å². The number of phenolic OH excluding ortho intramolecular Hbond substituents is 2. The molecule has 0 fully saturated rings. The molecule has 2 rings (SSSR count). The molecule has 0 aromatic heterocycles. The SMILES string of the molecule is OCCc1cc(Oc2ccc(O)c(CCO)c2)ccc1O. The van der Waals surface area contributed by atoms with Crippen LogP contribution < -0.4 is 4.74 Å². The predicted octanol–water partition coefficient (Wildman–Crippen LogP) is 1.96. The summed E-state index contributed by atoms with van der Waals surface area (Å²) in [6, 6.07) is 9.57. The van der Waals surface area contributed by atoms with Crippen LogP contribution in [0.3, 0.4) is 0 Å². The average Bonchev–Trinajstić information content (AvgIpc) is 2.47. The van der Waals surface area contributed by atoms with Crippen molar-refractivity contribution >= 4 is 0 Å². The van der Waals surface area contributed by atoms with Crippen LogP contribution in [0, 0.1) is 0 Å². The molecule has 2 aromatic carbocycles. The summed E-state index contributed by atoms with van der Waals surface area (Å²) >= 11 is 0. The van der Waals surface area contributed by atoms with Gasteiger partial charge in [0.2, 0.25) is 0 Å². The number of aliphatic hydroxyl groups excluding tert-OH is 2. The van der Waals surface area contributed by atoms with Crippen molar-refractivity contribution in [2.75, 3.05) is 13.2 Å². The van der Waals surface area contributed by atoms with Gasteiger partial charge in [0, 0.05) is 13.2 Å². The first-order valence-corrected chi connectivity index (χ1v) is 6.67. The van der Waals surface area contributed by atoms with Crippen LogP contribution in [-0.4, -0.2) is 33.6 Å². The standard InChI is InChI=1S/C16H18O5/c17-7-5-11-9-13(1-3-15(11)19)21-14-2-4-16(20)12(10-14)6-8-18/h1-4,9-10,17-20H,5-8H2. The summed E-state index contributed by atoms with van der Waals surface area (Å²) in [6.07, 6.45) is 0.683. The number of hydrogen-bond donors (Lipinski definition) is 4. The molecule has 0 aliphatic carbocycles. The molecule has 5 nitrogen and oxygen atoms in total. The molecule has 0 radical (unpaired) electrons. The van der Waals surface area contributed by atoms with Crippen LogP contribution in [0.25, 0.3) is 0 Å². The summed E-state index contributed by atoms with van der Waals surface area (Å²) in [4.78, 5) is 0. The van der Waals surface area contributed by atoms with Gasteiger partial charge in [-0.25, -0.2) is 0 Å². The first-order chi connectivity index (χ1) is 10.1. The van der Waals surface area contributed by atoms with E-state index in [0.29, 0.717) is 35.5 Å². The third kappa shape index (κ3) is 3.87. The Morgan fingerprint density at radius 1 is 0.714 bits per heavy atom. The molecule has 0 spiro atoms. The van der Waals surface area contributed by atoms with Gasteiger partial charge < -0.3 is 25.2 Å². The Hall–Kier alpha value is -2.24. The number of ether oxygens (including phenoxy) is 1. The molecule has 0 atom stereocenters. The fourth-order valence-corrected chi connectivity index (χ4v) is 2.03. The Morgan fingerprint density at radius 2 is 1.14 bits per heavy atom. The lowest BCUT2D eigenvalue weighted by molar-refractivity contribution is 0.297. The molecule has 5 heteroatoms. The highest BCUT2D eigenvalue weighted by molar-refractivity contribution is 5.44. The monoisotopic (exact) mass is 290 g/mol. The Kier molecular flexibility index (Phi) is 5.03. The fourth-order valence-electron chi connectivity index (χ4n) is 2.03. The van der Waals surface area contributed by atoms with Crippen LogP contribution in [0.1, 0.15) is 11.1 Å². The van der Waals surface area contributed by atoms with Gasteiger partial charge in [0.25, 0.3) is 0 Å². The minimum Gasteiger partial charge on any atom is -0.508 e. The largest absolute Gasteiger partial charge is 0.508 e. The van der Waals surface area contributed by atoms with E-state index < -0.39 is 0 Å². The lowest BCUT2D eigenvalue weighted by Gasteiger charge is -2.11. The van der Waals surface area contributed by atoms with E-state index in [4.69, 9.17) is 14.9 Å². The predicted molar refractivity (Wildman–Crippen MR) is 77.9 cm³/mol. The van der Waals surface area contributed by atoms with Crippen LogP contribution in [-0.2, 0) is 12.8 Å². The fraction of sp³-hybridized carbons (Fsp3) is 0.250. The Balaban J connectivity index is 2.21. The van der Waals surface area contributed by atoms with Crippen LogP contribution in [0.5, 0.6) is 23.0 Å². The number of rotatable bonds is 6. The van der Waals surface area contributed by atoms with E-state index in [0.717, 1.165) is 0 Å². The first kappa shape index (κ1) is 15.2. The summed E-state index contributed by atoms with van der Waals surface area (Å²) in [5, 5.41) is 37.2.